The first-order valence-electron chi connectivity index (χ1n) is 6.04. The van der Waals surface area contributed by atoms with Gasteiger partial charge in [0.05, 0.1) is 12.5 Å². The Labute approximate surface area is 112 Å². The molecule has 0 N–H and O–H groups in total. The third kappa shape index (κ3) is 4.79. The van der Waals surface area contributed by atoms with Gasteiger partial charge in [0.1, 0.15) is 0 Å². The lowest BCUT2D eigenvalue weighted by Crippen LogP contribution is -2.30. The van der Waals surface area contributed by atoms with E-state index >= 15 is 0 Å². The second-order valence-corrected chi connectivity index (χ2v) is 4.77. The number of nitriles is 1. The molecule has 0 radical (unpaired) electrons. The average molecular weight is 295 g/mol. The van der Waals surface area contributed by atoms with Crippen molar-refractivity contribution < 1.29 is 0 Å². The Kier molecular flexibility index (Phi) is 6.73. The molecule has 1 rings (SSSR count). The molecular weight excluding hydrogens is 276 g/mol. The minimum absolute atomic E-state index is 0.577. The molecule has 17 heavy (non-hydrogen) atoms. The highest BCUT2D eigenvalue weighted by atomic mass is 79.9. The highest BCUT2D eigenvalue weighted by Gasteiger charge is 2.12. The van der Waals surface area contributed by atoms with Gasteiger partial charge in [0.25, 0.3) is 0 Å². The van der Waals surface area contributed by atoms with E-state index in [0.29, 0.717) is 12.3 Å². The number of hydrogen-bond acceptors (Lipinski definition) is 2. The van der Waals surface area contributed by atoms with Crippen molar-refractivity contribution in [3.05, 3.63) is 30.3 Å². The van der Waals surface area contributed by atoms with E-state index in [2.05, 4.69) is 46.0 Å². The molecule has 3 heteroatoms. The van der Waals surface area contributed by atoms with Gasteiger partial charge in [0.2, 0.25) is 0 Å². The van der Waals surface area contributed by atoms with E-state index in [1.54, 1.807) is 0 Å². The average Bonchev–Trinajstić information content (AvgIpc) is 2.40. The van der Waals surface area contributed by atoms with Crippen LogP contribution in [0.15, 0.2) is 30.3 Å². The maximum atomic E-state index is 8.72. The van der Waals surface area contributed by atoms with E-state index < -0.39 is 0 Å². The third-order valence-corrected chi connectivity index (χ3v) is 3.80. The molecule has 0 spiro atoms. The molecule has 0 bridgehead atoms. The van der Waals surface area contributed by atoms with E-state index in [-0.39, 0.29) is 0 Å². The number of para-hydroxylation sites is 1. The van der Waals surface area contributed by atoms with Gasteiger partial charge in [-0.15, -0.1) is 0 Å². The van der Waals surface area contributed by atoms with Crippen LogP contribution in [0.5, 0.6) is 0 Å². The standard InChI is InChI=1S/C14H19BrN2/c1-2-13(11-15)12-17(10-6-9-16)14-7-4-3-5-8-14/h3-5,7-8,13H,2,6,10-12H2,1H3. The van der Waals surface area contributed by atoms with E-state index in [9.17, 15) is 0 Å². The Bertz CT molecular complexity index is 341. The first kappa shape index (κ1) is 14.1. The van der Waals surface area contributed by atoms with E-state index in [4.69, 9.17) is 5.26 Å². The van der Waals surface area contributed by atoms with Gasteiger partial charge < -0.3 is 4.90 Å². The van der Waals surface area contributed by atoms with Crippen molar-refractivity contribution in [2.75, 3.05) is 23.3 Å². The molecule has 1 aromatic carbocycles. The SMILES string of the molecule is CCC(CBr)CN(CCC#N)c1ccccc1. The lowest BCUT2D eigenvalue weighted by molar-refractivity contribution is 0.556. The summed E-state index contributed by atoms with van der Waals surface area (Å²) in [6.45, 7) is 4.02. The van der Waals surface area contributed by atoms with Crippen LogP contribution in [-0.4, -0.2) is 18.4 Å². The summed E-state index contributed by atoms with van der Waals surface area (Å²) in [7, 11) is 0. The number of nitrogens with zero attached hydrogens (tertiary/aromatic N) is 2. The second-order valence-electron chi connectivity index (χ2n) is 4.12. The van der Waals surface area contributed by atoms with Crippen molar-refractivity contribution in [2.45, 2.75) is 19.8 Å². The monoisotopic (exact) mass is 294 g/mol. The van der Waals surface area contributed by atoms with Gasteiger partial charge >= 0.3 is 0 Å². The summed E-state index contributed by atoms with van der Waals surface area (Å²) in [4.78, 5) is 2.30. The lowest BCUT2D eigenvalue weighted by atomic mass is 10.1. The predicted octanol–water partition coefficient (Wildman–Crippen LogP) is 3.83. The molecule has 0 aliphatic carbocycles. The van der Waals surface area contributed by atoms with Crippen LogP contribution >= 0.6 is 15.9 Å². The smallest absolute Gasteiger partial charge is 0.0640 e. The summed E-state index contributed by atoms with van der Waals surface area (Å²) in [5.74, 6) is 0.633. The maximum absolute atomic E-state index is 8.72. The van der Waals surface area contributed by atoms with Crippen molar-refractivity contribution in [1.82, 2.24) is 0 Å². The zero-order valence-corrected chi connectivity index (χ0v) is 11.9. The summed E-state index contributed by atoms with van der Waals surface area (Å²) in [6.07, 6.45) is 1.73. The van der Waals surface area contributed by atoms with E-state index in [1.165, 1.54) is 5.69 Å². The highest BCUT2D eigenvalue weighted by molar-refractivity contribution is 9.09. The molecule has 0 amide bonds. The molecule has 1 aromatic rings. The van der Waals surface area contributed by atoms with Crippen molar-refractivity contribution in [1.29, 1.82) is 5.26 Å². The fourth-order valence-electron chi connectivity index (χ4n) is 1.75. The molecule has 0 aromatic heterocycles. The van der Waals surface area contributed by atoms with Gasteiger partial charge in [-0.25, -0.2) is 0 Å². The Morgan fingerprint density at radius 1 is 1.35 bits per heavy atom. The summed E-state index contributed by atoms with van der Waals surface area (Å²) in [5.41, 5.74) is 1.21. The van der Waals surface area contributed by atoms with E-state index in [0.717, 1.165) is 24.8 Å². The fourth-order valence-corrected chi connectivity index (χ4v) is 2.41. The Morgan fingerprint density at radius 2 is 2.06 bits per heavy atom. The van der Waals surface area contributed by atoms with Crippen LogP contribution in [0.2, 0.25) is 0 Å². The first-order valence-corrected chi connectivity index (χ1v) is 7.16. The molecular formula is C14H19BrN2. The minimum Gasteiger partial charge on any atom is -0.370 e. The summed E-state index contributed by atoms with van der Waals surface area (Å²) < 4.78 is 0. The molecule has 92 valence electrons. The molecule has 0 aliphatic rings. The van der Waals surface area contributed by atoms with Crippen molar-refractivity contribution >= 4 is 21.6 Å². The maximum Gasteiger partial charge on any atom is 0.0640 e. The molecule has 0 saturated heterocycles. The molecule has 1 atom stereocenters. The molecule has 0 saturated carbocycles. The number of benzene rings is 1. The van der Waals surface area contributed by atoms with Crippen LogP contribution in [0, 0.1) is 17.2 Å². The summed E-state index contributed by atoms with van der Waals surface area (Å²) in [6, 6.07) is 12.6. The number of rotatable bonds is 7. The zero-order chi connectivity index (χ0) is 12.5. The highest BCUT2D eigenvalue weighted by Crippen LogP contribution is 2.17. The zero-order valence-electron chi connectivity index (χ0n) is 10.3. The van der Waals surface area contributed by atoms with Crippen LogP contribution in [0.4, 0.5) is 5.69 Å². The van der Waals surface area contributed by atoms with Gasteiger partial charge in [-0.3, -0.25) is 0 Å². The van der Waals surface area contributed by atoms with Crippen LogP contribution in [0.3, 0.4) is 0 Å². The fraction of sp³-hybridized carbons (Fsp3) is 0.500. The van der Waals surface area contributed by atoms with Gasteiger partial charge in [-0.05, 0) is 18.1 Å². The van der Waals surface area contributed by atoms with Crippen molar-refractivity contribution in [2.24, 2.45) is 5.92 Å². The van der Waals surface area contributed by atoms with E-state index in [1.807, 2.05) is 18.2 Å². The largest absolute Gasteiger partial charge is 0.370 e. The molecule has 1 unspecified atom stereocenters. The quantitative estimate of drug-likeness (QED) is 0.715. The van der Waals surface area contributed by atoms with Crippen LogP contribution in [0.25, 0.3) is 0 Å². The van der Waals surface area contributed by atoms with Gasteiger partial charge in [-0.1, -0.05) is 47.5 Å². The summed E-state index contributed by atoms with van der Waals surface area (Å²) >= 11 is 3.55. The molecule has 0 fully saturated rings. The van der Waals surface area contributed by atoms with Gasteiger partial charge in [0, 0.05) is 24.1 Å². The molecule has 0 aliphatic heterocycles. The van der Waals surface area contributed by atoms with Gasteiger partial charge in [0.15, 0.2) is 0 Å². The van der Waals surface area contributed by atoms with Crippen LogP contribution in [-0.2, 0) is 0 Å². The molecule has 2 nitrogen and oxygen atoms in total. The van der Waals surface area contributed by atoms with Crippen molar-refractivity contribution in [3.8, 4) is 6.07 Å². The molecule has 0 heterocycles. The first-order chi connectivity index (χ1) is 8.31. The van der Waals surface area contributed by atoms with Crippen LogP contribution < -0.4 is 4.90 Å². The Balaban J connectivity index is 2.70. The predicted molar refractivity (Wildman–Crippen MR) is 76.5 cm³/mol. The number of alkyl halides is 1. The minimum atomic E-state index is 0.577. The number of hydrogen-bond donors (Lipinski definition) is 0. The summed E-state index contributed by atoms with van der Waals surface area (Å²) in [5, 5.41) is 9.74. The number of anilines is 1. The van der Waals surface area contributed by atoms with Crippen molar-refractivity contribution in [3.63, 3.8) is 0 Å². The lowest BCUT2D eigenvalue weighted by Gasteiger charge is -2.27. The second kappa shape index (κ2) is 8.14. The normalized spacial score (nSPS) is 11.8. The van der Waals surface area contributed by atoms with Crippen LogP contribution in [0.1, 0.15) is 19.8 Å². The topological polar surface area (TPSA) is 27.0 Å². The van der Waals surface area contributed by atoms with Gasteiger partial charge in [-0.2, -0.15) is 5.26 Å². The number of halogens is 1. The Hall–Kier alpha value is -1.01. The Morgan fingerprint density at radius 3 is 2.59 bits per heavy atom. The third-order valence-electron chi connectivity index (χ3n) is 2.89.